The van der Waals surface area contributed by atoms with Crippen molar-refractivity contribution in [1.29, 1.82) is 0 Å². The lowest BCUT2D eigenvalue weighted by Gasteiger charge is -2.17. The van der Waals surface area contributed by atoms with Gasteiger partial charge in [0.1, 0.15) is 35.2 Å². The van der Waals surface area contributed by atoms with E-state index in [-0.39, 0.29) is 33.6 Å². The minimum atomic E-state index is -2.48. The van der Waals surface area contributed by atoms with E-state index in [9.17, 15) is 0 Å². The van der Waals surface area contributed by atoms with E-state index in [4.69, 9.17) is 21.9 Å². The van der Waals surface area contributed by atoms with Gasteiger partial charge in [0.2, 0.25) is 28.5 Å². The van der Waals surface area contributed by atoms with Gasteiger partial charge in [0.15, 0.2) is 31.0 Å². The molecule has 10 aromatic rings. The van der Waals surface area contributed by atoms with Gasteiger partial charge in [-0.3, -0.25) is 0 Å². The number of aromatic nitrogens is 5. The molecule has 0 radical (unpaired) electrons. The summed E-state index contributed by atoms with van der Waals surface area (Å²) in [7, 11) is 9.92. The average molecular weight is 1390 g/mol. The van der Waals surface area contributed by atoms with Crippen LogP contribution in [0.25, 0.3) is 56.3 Å². The molecule has 5 aromatic carbocycles. The molecule has 5 nitrogen and oxygen atoms in total. The molecule has 5 heterocycles. The van der Waals surface area contributed by atoms with Gasteiger partial charge in [0.05, 0.1) is 0 Å². The topological polar surface area (TPSA) is 19.4 Å². The summed E-state index contributed by atoms with van der Waals surface area (Å²) in [5.41, 5.74) is 25.9. The summed E-state index contributed by atoms with van der Waals surface area (Å²) >= 11 is 0. The Kier molecular flexibility index (Phi) is 22.8. The maximum Gasteiger partial charge on any atom is 0.212 e. The molecule has 0 aliphatic rings. The monoisotopic (exact) mass is 1390 g/mol. The van der Waals surface area contributed by atoms with Crippen LogP contribution < -0.4 is 22.8 Å². The third-order valence-electron chi connectivity index (χ3n) is 18.2. The second kappa shape index (κ2) is 37.9. The van der Waals surface area contributed by atoms with Crippen LogP contribution in [0.5, 0.6) is 0 Å². The molecule has 0 spiro atoms. The lowest BCUT2D eigenvalue weighted by atomic mass is 9.88. The van der Waals surface area contributed by atoms with Crippen LogP contribution in [0, 0.1) is 98.6 Å². The van der Waals surface area contributed by atoms with Crippen molar-refractivity contribution in [3.63, 3.8) is 0 Å². The number of pyridine rings is 5. The van der Waals surface area contributed by atoms with Crippen LogP contribution in [0.1, 0.15) is 220 Å². The summed E-state index contributed by atoms with van der Waals surface area (Å²) in [4.78, 5) is 0. The highest BCUT2D eigenvalue weighted by Gasteiger charge is 2.24. The molecular weight excluding hydrogens is 1240 g/mol. The molecule has 1 unspecified atom stereocenters. The van der Waals surface area contributed by atoms with E-state index in [1.807, 2.05) is 62.8 Å². The highest BCUT2D eigenvalue weighted by Crippen LogP contribution is 2.31. The largest absolute Gasteiger partial charge is 0.212 e. The Bertz CT molecular complexity index is 5050. The molecule has 0 fully saturated rings. The molecule has 0 saturated heterocycles. The maximum atomic E-state index is 8.60. The van der Waals surface area contributed by atoms with Gasteiger partial charge < -0.3 is 0 Å². The van der Waals surface area contributed by atoms with Gasteiger partial charge in [0, 0.05) is 108 Å². The molecule has 0 amide bonds. The number of rotatable bonds is 17. The molecule has 0 bridgehead atoms. The summed E-state index contributed by atoms with van der Waals surface area (Å²) in [5, 5.41) is 0. The van der Waals surface area contributed by atoms with Crippen molar-refractivity contribution < 1.29 is 44.8 Å². The van der Waals surface area contributed by atoms with E-state index in [1.54, 1.807) is 82.8 Å². The van der Waals surface area contributed by atoms with Gasteiger partial charge in [-0.15, -0.1) is 0 Å². The molecule has 0 aliphatic carbocycles. The van der Waals surface area contributed by atoms with Crippen molar-refractivity contribution in [1.82, 2.24) is 0 Å². The van der Waals surface area contributed by atoms with Gasteiger partial charge in [-0.2, -0.15) is 0 Å². The Hall–Kier alpha value is -8.15. The predicted molar refractivity (Wildman–Crippen MR) is 438 cm³/mol. The molecule has 5 aromatic heterocycles. The molecule has 10 rings (SSSR count). The van der Waals surface area contributed by atoms with Crippen LogP contribution >= 0.6 is 0 Å². The molecule has 1 atom stereocenters. The SMILES string of the molecule is Cc1ccc(-c2cc(C)c(CC(C)C)c[n+]2C)c(C)c1.Cc1ccccc1-c1cc(CC(C)C)c(CC(C)C)c[n+]1C.[2H]C(C)C([2H])([2H])c1c[n+](C)c(-c2ccccc2C)cc1C([2H])([2H])C(C)C.[2H]C([2H])([2H])c1ccc(-c2cc(C([2H])([2H])[2H])c(C([2H])([2H])C(C)C)c[n+]2C)c(C)c1.[2H]C([2H])([2H])c1ccc(-c2ccc(C(C)(C)C)c[n+]2C)c(C)c1. The van der Waals surface area contributed by atoms with E-state index in [0.717, 1.165) is 52.9 Å². The summed E-state index contributed by atoms with van der Waals surface area (Å²) in [6, 6.07) is 45.7. The fourth-order valence-corrected chi connectivity index (χ4v) is 13.0. The van der Waals surface area contributed by atoms with Crippen molar-refractivity contribution in [3.8, 4) is 56.3 Å². The predicted octanol–water partition coefficient (Wildman–Crippen LogP) is 22.2. The lowest BCUT2D eigenvalue weighted by molar-refractivity contribution is -0.661. The normalized spacial score (nSPS) is 14.7. The number of nitrogens with zero attached hydrogens (tertiary/aromatic N) is 5. The molecule has 5 heteroatoms. The van der Waals surface area contributed by atoms with Crippen LogP contribution in [-0.4, -0.2) is 0 Å². The number of hydrogen-bond donors (Lipinski definition) is 0. The Labute approximate surface area is 644 Å². The zero-order valence-corrected chi connectivity index (χ0v) is 67.0. The fraction of sp³-hybridized carbons (Fsp3) is 0.433. The molecule has 0 N–H and O–H groups in total. The third-order valence-corrected chi connectivity index (χ3v) is 18.2. The van der Waals surface area contributed by atoms with E-state index in [2.05, 4.69) is 203 Å². The number of aryl methyl sites for hydroxylation is 16. The summed E-state index contributed by atoms with van der Waals surface area (Å²) in [6.07, 6.45) is 6.97. The zero-order chi connectivity index (χ0) is 89.4. The number of hydrogen-bond acceptors (Lipinski definition) is 0. The summed E-state index contributed by atoms with van der Waals surface area (Å²) in [6.45, 7) is 36.6. The average Bonchev–Trinajstić information content (AvgIpc) is 0.751. The fourth-order valence-electron chi connectivity index (χ4n) is 13.0. The van der Waals surface area contributed by atoms with Crippen LogP contribution in [0.15, 0.2) is 171 Å². The van der Waals surface area contributed by atoms with Gasteiger partial charge in [-0.05, 0) is 229 Å². The summed E-state index contributed by atoms with van der Waals surface area (Å²) < 4.78 is 138. The molecule has 0 saturated carbocycles. The van der Waals surface area contributed by atoms with E-state index < -0.39 is 52.0 Å². The van der Waals surface area contributed by atoms with Crippen molar-refractivity contribution in [2.75, 3.05) is 0 Å². The van der Waals surface area contributed by atoms with Gasteiger partial charge in [0.25, 0.3) is 0 Å². The first kappa shape index (κ1) is 61.3. The highest BCUT2D eigenvalue weighted by atomic mass is 14.9. The minimum absolute atomic E-state index is 0.0291. The maximum absolute atomic E-state index is 8.60. The second-order valence-corrected chi connectivity index (χ2v) is 31.0. The molecule has 542 valence electrons. The highest BCUT2D eigenvalue weighted by molar-refractivity contribution is 5.66. The lowest BCUT2D eigenvalue weighted by Crippen LogP contribution is -2.33. The number of benzene rings is 5. The third kappa shape index (κ3) is 23.7. The zero-order valence-electron chi connectivity index (χ0n) is 83.0. The standard InChI is InChI=1S/C21H30N.C20H28N.2C19H26N.C18H24N/c1-15(2)11-18-13-21(20-10-8-7-9-17(20)5)22(6)14-19(18)12-16(3)4;1-6-9-17-14-21(5)20(13-18(17)12-15(2)3)19-11-8-7-10-16(19)4;2*1-13(2)9-17-12-20(6)19(11-15(17)4)18-8-7-14(3)10-16(18)5;1-13-7-9-16(14(2)11-13)17-10-8-15(12-19(17)6)18(3,4)5/h7-10,13-16H,11-12H2,1-6H3;7-8,10-11,13-15H,6,9,12H2,1-5H3;2*7-8,10-13H,9H2,1-6H3;7-12H,1-6H3/q5*+1/i;6D,9D2,12D2;3D3,4D3,9D2;;1D3. The first-order valence-electron chi connectivity index (χ1n) is 44.8. The molecular formula is C97H134N5+5. The Morgan fingerprint density at radius 1 is 0.324 bits per heavy atom. The quantitative estimate of drug-likeness (QED) is 0.0810. The van der Waals surface area contributed by atoms with Crippen LogP contribution in [0.3, 0.4) is 0 Å². The second-order valence-electron chi connectivity index (χ2n) is 31.0. The Balaban J connectivity index is 0.000000230. The Morgan fingerprint density at radius 2 is 0.696 bits per heavy atom. The molecule has 0 aliphatic heterocycles. The van der Waals surface area contributed by atoms with Crippen molar-refractivity contribution >= 4 is 0 Å². The van der Waals surface area contributed by atoms with Gasteiger partial charge >= 0.3 is 0 Å². The van der Waals surface area contributed by atoms with Crippen LogP contribution in [-0.2, 0) is 79.0 Å². The van der Waals surface area contributed by atoms with Crippen LogP contribution in [0.4, 0.5) is 0 Å². The molecule has 102 heavy (non-hydrogen) atoms. The Morgan fingerprint density at radius 3 is 1.13 bits per heavy atom. The minimum Gasteiger partial charge on any atom is -0.201 e. The van der Waals surface area contributed by atoms with Crippen molar-refractivity contribution in [2.45, 2.75) is 216 Å². The van der Waals surface area contributed by atoms with Crippen molar-refractivity contribution in [3.05, 3.63) is 265 Å². The first-order valence-corrected chi connectivity index (χ1v) is 36.7. The first-order chi connectivity index (χ1) is 54.2. The van der Waals surface area contributed by atoms with Gasteiger partial charge in [-0.25, -0.2) is 22.8 Å². The van der Waals surface area contributed by atoms with Gasteiger partial charge in [-0.1, -0.05) is 193 Å². The van der Waals surface area contributed by atoms with E-state index in [1.165, 1.54) is 92.3 Å². The van der Waals surface area contributed by atoms with Crippen LogP contribution in [0.2, 0.25) is 0 Å². The van der Waals surface area contributed by atoms with E-state index in [0.29, 0.717) is 45.7 Å². The van der Waals surface area contributed by atoms with E-state index >= 15 is 0 Å². The summed E-state index contributed by atoms with van der Waals surface area (Å²) in [5.74, 6) is 1.34. The smallest absolute Gasteiger partial charge is 0.201 e. The van der Waals surface area contributed by atoms with Crippen molar-refractivity contribution in [2.24, 2.45) is 64.8 Å².